The lowest BCUT2D eigenvalue weighted by Crippen LogP contribution is -2.26. The summed E-state index contributed by atoms with van der Waals surface area (Å²) in [7, 11) is 0. The van der Waals surface area contributed by atoms with Crippen molar-refractivity contribution in [1.29, 1.82) is 0 Å². The van der Waals surface area contributed by atoms with Crippen molar-refractivity contribution >= 4 is 35.1 Å². The van der Waals surface area contributed by atoms with Gasteiger partial charge in [0.2, 0.25) is 0 Å². The van der Waals surface area contributed by atoms with E-state index in [2.05, 4.69) is 4.99 Å². The SMILES string of the molecule is NC(N)=NC(=O)C(Cc1ccc(Cl)cc1Cl)c1ccccc1. The summed E-state index contributed by atoms with van der Waals surface area (Å²) in [5.41, 5.74) is 12.3. The second-order valence-corrected chi connectivity index (χ2v) is 5.62. The van der Waals surface area contributed by atoms with Gasteiger partial charge in [0.1, 0.15) is 0 Å². The van der Waals surface area contributed by atoms with Crippen molar-refractivity contribution in [2.75, 3.05) is 0 Å². The fourth-order valence-corrected chi connectivity index (χ4v) is 2.63. The standard InChI is InChI=1S/C16H15Cl2N3O/c17-12-7-6-11(14(18)9-12)8-13(15(22)21-16(19)20)10-4-2-1-3-5-10/h1-7,9,13H,8H2,(H4,19,20,21,22). The van der Waals surface area contributed by atoms with E-state index < -0.39 is 11.8 Å². The molecule has 2 aromatic rings. The van der Waals surface area contributed by atoms with Crippen molar-refractivity contribution in [3.05, 3.63) is 69.7 Å². The molecule has 114 valence electrons. The minimum Gasteiger partial charge on any atom is -0.370 e. The van der Waals surface area contributed by atoms with Crippen LogP contribution in [-0.4, -0.2) is 11.9 Å². The van der Waals surface area contributed by atoms with E-state index in [0.717, 1.165) is 11.1 Å². The number of hydrogen-bond donors (Lipinski definition) is 2. The Morgan fingerprint density at radius 3 is 2.36 bits per heavy atom. The minimum atomic E-state index is -0.512. The zero-order valence-electron chi connectivity index (χ0n) is 11.7. The third kappa shape index (κ3) is 4.23. The lowest BCUT2D eigenvalue weighted by atomic mass is 9.91. The van der Waals surface area contributed by atoms with Crippen LogP contribution in [0.5, 0.6) is 0 Å². The maximum Gasteiger partial charge on any atom is 0.256 e. The molecule has 2 rings (SSSR count). The molecule has 0 heterocycles. The summed E-state index contributed by atoms with van der Waals surface area (Å²) in [5.74, 6) is -1.17. The van der Waals surface area contributed by atoms with Gasteiger partial charge in [0.15, 0.2) is 5.96 Å². The van der Waals surface area contributed by atoms with E-state index >= 15 is 0 Å². The van der Waals surface area contributed by atoms with Crippen LogP contribution in [-0.2, 0) is 11.2 Å². The van der Waals surface area contributed by atoms with Crippen LogP contribution in [0.15, 0.2) is 53.5 Å². The average molecular weight is 336 g/mol. The minimum absolute atomic E-state index is 0.256. The predicted molar refractivity (Wildman–Crippen MR) is 90.2 cm³/mol. The highest BCUT2D eigenvalue weighted by Gasteiger charge is 2.22. The van der Waals surface area contributed by atoms with Crippen LogP contribution in [0.25, 0.3) is 0 Å². The van der Waals surface area contributed by atoms with Gasteiger partial charge < -0.3 is 11.5 Å². The van der Waals surface area contributed by atoms with Gasteiger partial charge in [0.05, 0.1) is 5.92 Å². The zero-order chi connectivity index (χ0) is 16.1. The molecule has 0 spiro atoms. The van der Waals surface area contributed by atoms with E-state index in [9.17, 15) is 4.79 Å². The second-order valence-electron chi connectivity index (χ2n) is 4.78. The molecule has 22 heavy (non-hydrogen) atoms. The number of carbonyl (C=O) groups excluding carboxylic acids is 1. The zero-order valence-corrected chi connectivity index (χ0v) is 13.2. The first-order valence-electron chi connectivity index (χ1n) is 6.59. The second kappa shape index (κ2) is 7.29. The summed E-state index contributed by atoms with van der Waals surface area (Å²) in [6.45, 7) is 0. The molecule has 4 nitrogen and oxygen atoms in total. The van der Waals surface area contributed by atoms with Crippen LogP contribution in [0.2, 0.25) is 10.0 Å². The van der Waals surface area contributed by atoms with Crippen molar-refractivity contribution in [3.8, 4) is 0 Å². The Hall–Kier alpha value is -2.04. The molecule has 1 unspecified atom stereocenters. The van der Waals surface area contributed by atoms with Gasteiger partial charge >= 0.3 is 0 Å². The molecule has 0 bridgehead atoms. The Morgan fingerprint density at radius 1 is 1.09 bits per heavy atom. The monoisotopic (exact) mass is 335 g/mol. The van der Waals surface area contributed by atoms with Gasteiger partial charge in [-0.05, 0) is 29.7 Å². The summed E-state index contributed by atoms with van der Waals surface area (Å²) in [6.07, 6.45) is 0.385. The van der Waals surface area contributed by atoms with E-state index in [4.69, 9.17) is 34.7 Å². The smallest absolute Gasteiger partial charge is 0.256 e. The highest BCUT2D eigenvalue weighted by Crippen LogP contribution is 2.28. The summed E-state index contributed by atoms with van der Waals surface area (Å²) in [5, 5.41) is 1.05. The topological polar surface area (TPSA) is 81.5 Å². The third-order valence-electron chi connectivity index (χ3n) is 3.18. The lowest BCUT2D eigenvalue weighted by molar-refractivity contribution is -0.119. The quantitative estimate of drug-likeness (QED) is 0.665. The fraction of sp³-hybridized carbons (Fsp3) is 0.125. The fourth-order valence-electron chi connectivity index (χ4n) is 2.15. The number of nitrogens with zero attached hydrogens (tertiary/aromatic N) is 1. The Labute approximate surface area is 138 Å². The van der Waals surface area contributed by atoms with Gasteiger partial charge in [-0.1, -0.05) is 59.6 Å². The van der Waals surface area contributed by atoms with Gasteiger partial charge in [-0.3, -0.25) is 4.79 Å². The number of rotatable bonds is 4. The molecule has 4 N–H and O–H groups in total. The number of hydrogen-bond acceptors (Lipinski definition) is 1. The number of guanidine groups is 1. The van der Waals surface area contributed by atoms with Crippen molar-refractivity contribution in [2.24, 2.45) is 16.5 Å². The van der Waals surface area contributed by atoms with Crippen molar-refractivity contribution in [2.45, 2.75) is 12.3 Å². The highest BCUT2D eigenvalue weighted by molar-refractivity contribution is 6.35. The summed E-state index contributed by atoms with van der Waals surface area (Å²) in [4.78, 5) is 16.0. The first-order valence-corrected chi connectivity index (χ1v) is 7.35. The van der Waals surface area contributed by atoms with Crippen LogP contribution < -0.4 is 11.5 Å². The molecule has 0 aliphatic rings. The van der Waals surface area contributed by atoms with Crippen molar-refractivity contribution in [3.63, 3.8) is 0 Å². The van der Waals surface area contributed by atoms with Gasteiger partial charge in [0, 0.05) is 10.0 Å². The van der Waals surface area contributed by atoms with Crippen molar-refractivity contribution in [1.82, 2.24) is 0 Å². The molecular formula is C16H15Cl2N3O. The van der Waals surface area contributed by atoms with Crippen LogP contribution in [0.1, 0.15) is 17.0 Å². The maximum atomic E-state index is 12.3. The molecule has 0 aromatic heterocycles. The maximum absolute atomic E-state index is 12.3. The van der Waals surface area contributed by atoms with Gasteiger partial charge in [-0.2, -0.15) is 4.99 Å². The average Bonchev–Trinajstić information content (AvgIpc) is 2.46. The highest BCUT2D eigenvalue weighted by atomic mass is 35.5. The van der Waals surface area contributed by atoms with E-state index in [1.807, 2.05) is 30.3 Å². The van der Waals surface area contributed by atoms with Gasteiger partial charge in [-0.25, -0.2) is 0 Å². The molecule has 6 heteroatoms. The third-order valence-corrected chi connectivity index (χ3v) is 3.77. The van der Waals surface area contributed by atoms with E-state index in [-0.39, 0.29) is 5.96 Å². The number of aliphatic imine (C=N–C) groups is 1. The first kappa shape index (κ1) is 16.3. The molecule has 0 saturated carbocycles. The molecular weight excluding hydrogens is 321 g/mol. The van der Waals surface area contributed by atoms with E-state index in [0.29, 0.717) is 16.5 Å². The lowest BCUT2D eigenvalue weighted by Gasteiger charge is -2.15. The Kier molecular flexibility index (Phi) is 5.41. The van der Waals surface area contributed by atoms with Crippen LogP contribution >= 0.6 is 23.2 Å². The van der Waals surface area contributed by atoms with Crippen LogP contribution in [0.4, 0.5) is 0 Å². The molecule has 0 fully saturated rings. The molecule has 2 aromatic carbocycles. The van der Waals surface area contributed by atoms with E-state index in [1.165, 1.54) is 0 Å². The molecule has 0 radical (unpaired) electrons. The largest absolute Gasteiger partial charge is 0.370 e. The van der Waals surface area contributed by atoms with Crippen LogP contribution in [0.3, 0.4) is 0 Å². The summed E-state index contributed by atoms with van der Waals surface area (Å²) < 4.78 is 0. The summed E-state index contributed by atoms with van der Waals surface area (Å²) in [6, 6.07) is 14.5. The van der Waals surface area contributed by atoms with E-state index in [1.54, 1.807) is 18.2 Å². The molecule has 0 aliphatic carbocycles. The number of carbonyl (C=O) groups is 1. The van der Waals surface area contributed by atoms with Crippen molar-refractivity contribution < 1.29 is 4.79 Å². The normalized spacial score (nSPS) is 11.7. The Morgan fingerprint density at radius 2 is 1.77 bits per heavy atom. The number of amides is 1. The number of benzene rings is 2. The molecule has 1 atom stereocenters. The molecule has 0 aliphatic heterocycles. The Bertz CT molecular complexity index is 698. The number of nitrogens with two attached hydrogens (primary N) is 2. The molecule has 0 saturated heterocycles. The van der Waals surface area contributed by atoms with Gasteiger partial charge in [-0.15, -0.1) is 0 Å². The predicted octanol–water partition coefficient (Wildman–Crippen LogP) is 3.12. The van der Waals surface area contributed by atoms with Crippen LogP contribution in [0, 0.1) is 0 Å². The Balaban J connectivity index is 2.36. The summed E-state index contributed by atoms with van der Waals surface area (Å²) >= 11 is 12.1. The first-order chi connectivity index (χ1) is 10.5. The molecule has 1 amide bonds. The van der Waals surface area contributed by atoms with Gasteiger partial charge in [0.25, 0.3) is 5.91 Å². The number of halogens is 2.